The van der Waals surface area contributed by atoms with Crippen LogP contribution in [0.25, 0.3) is 0 Å². The Labute approximate surface area is 54.0 Å². The van der Waals surface area contributed by atoms with Gasteiger partial charge in [-0.3, -0.25) is 0 Å². The molecule has 7 heavy (non-hydrogen) atoms. The first-order valence-corrected chi connectivity index (χ1v) is 12.2. The Balaban J connectivity index is 2.68. The van der Waals surface area contributed by atoms with Crippen LogP contribution in [0.4, 0.5) is 0 Å². The maximum absolute atomic E-state index is 2.48. The van der Waals surface area contributed by atoms with Gasteiger partial charge in [0.05, 0.1) is 0 Å². The predicted octanol–water partition coefficient (Wildman–Crippen LogP) is 2.27. The molecule has 0 aliphatic heterocycles. The summed E-state index contributed by atoms with van der Waals surface area (Å²) in [5, 5.41) is 0. The maximum atomic E-state index is 2.48. The van der Waals surface area contributed by atoms with E-state index < -0.39 is 19.8 Å². The van der Waals surface area contributed by atoms with E-state index in [-0.39, 0.29) is 0 Å². The molecule has 0 nitrogen and oxygen atoms in total. The van der Waals surface area contributed by atoms with Crippen LogP contribution in [-0.2, 0) is 0 Å². The van der Waals surface area contributed by atoms with Crippen molar-refractivity contribution in [3.8, 4) is 0 Å². The summed E-state index contributed by atoms with van der Waals surface area (Å²) < 4.78 is 1.61. The van der Waals surface area contributed by atoms with Gasteiger partial charge in [0, 0.05) is 0 Å². The second kappa shape index (κ2) is 4.95. The number of hydrogen-bond acceptors (Lipinski definition) is 0. The van der Waals surface area contributed by atoms with Crippen molar-refractivity contribution in [1.82, 2.24) is 0 Å². The summed E-state index contributed by atoms with van der Waals surface area (Å²) in [7, 11) is 0. The van der Waals surface area contributed by atoms with Gasteiger partial charge < -0.3 is 0 Å². The molecule has 0 aromatic heterocycles. The molecular weight excluding hydrogens is 191 g/mol. The van der Waals surface area contributed by atoms with E-state index in [1.807, 2.05) is 0 Å². The van der Waals surface area contributed by atoms with Gasteiger partial charge in [-0.1, -0.05) is 0 Å². The number of hydrogen-bond donors (Lipinski definition) is 0. The van der Waals surface area contributed by atoms with Gasteiger partial charge in [0.15, 0.2) is 0 Å². The molecule has 0 saturated heterocycles. The second-order valence-corrected chi connectivity index (χ2v) is 12.1. The number of rotatable bonds is 3. The number of unbranched alkanes of at least 4 members (excludes halogenated alkanes) is 1. The van der Waals surface area contributed by atoms with Gasteiger partial charge in [-0.05, 0) is 0 Å². The van der Waals surface area contributed by atoms with E-state index in [4.69, 9.17) is 0 Å². The summed E-state index contributed by atoms with van der Waals surface area (Å²) in [6.07, 6.45) is 2.89. The molecule has 0 unspecified atom stereocenters. The van der Waals surface area contributed by atoms with Crippen molar-refractivity contribution in [2.45, 2.75) is 34.1 Å². The topological polar surface area (TPSA) is 0 Å². The van der Waals surface area contributed by atoms with Crippen LogP contribution in [0.1, 0.15) is 19.8 Å². The van der Waals surface area contributed by atoms with E-state index in [1.54, 1.807) is 4.44 Å². The molecule has 0 saturated carbocycles. The van der Waals surface area contributed by atoms with Crippen LogP contribution >= 0.6 is 0 Å². The molecule has 1 heteroatoms. The fraction of sp³-hybridized carbons (Fsp3) is 1.00. The third-order valence-corrected chi connectivity index (χ3v) is 5.60. The monoisotopic (exact) mass is 208 g/mol. The first kappa shape index (κ1) is 7.80. The molecule has 0 aliphatic rings. The summed E-state index contributed by atoms with van der Waals surface area (Å²) in [6, 6.07) is 0. The van der Waals surface area contributed by atoms with Crippen LogP contribution in [0.15, 0.2) is 0 Å². The van der Waals surface area contributed by atoms with Crippen molar-refractivity contribution >= 4 is 19.8 Å². The zero-order valence-corrected chi connectivity index (χ0v) is 8.99. The predicted molar refractivity (Wildman–Crippen MR) is 38.6 cm³/mol. The third-order valence-electron chi connectivity index (χ3n) is 1.14. The van der Waals surface area contributed by atoms with E-state index >= 15 is 0 Å². The van der Waals surface area contributed by atoms with E-state index in [9.17, 15) is 0 Å². The van der Waals surface area contributed by atoms with Crippen LogP contribution in [0, 0.1) is 0 Å². The van der Waals surface area contributed by atoms with Gasteiger partial charge in [0.25, 0.3) is 0 Å². The first-order chi connectivity index (χ1) is 3.27. The van der Waals surface area contributed by atoms with E-state index in [0.29, 0.717) is 0 Å². The van der Waals surface area contributed by atoms with Crippen LogP contribution in [0.2, 0.25) is 14.3 Å². The van der Waals surface area contributed by atoms with Crippen LogP contribution in [0.3, 0.4) is 0 Å². The Morgan fingerprint density at radius 1 is 1.29 bits per heavy atom. The summed E-state index contributed by atoms with van der Waals surface area (Å²) in [5.41, 5.74) is 0. The molecule has 0 N–H and O–H groups in total. The van der Waals surface area contributed by atoms with E-state index in [1.165, 1.54) is 12.8 Å². The molecule has 0 radical (unpaired) electrons. The van der Waals surface area contributed by atoms with Crippen molar-refractivity contribution in [3.63, 3.8) is 0 Å². The van der Waals surface area contributed by atoms with Crippen molar-refractivity contribution in [3.05, 3.63) is 0 Å². The van der Waals surface area contributed by atoms with Gasteiger partial charge in [-0.15, -0.1) is 0 Å². The molecule has 0 atom stereocenters. The first-order valence-electron chi connectivity index (χ1n) is 3.27. The zero-order chi connectivity index (χ0) is 5.70. The quantitative estimate of drug-likeness (QED) is 0.622. The average molecular weight is 207 g/mol. The average Bonchev–Trinajstić information content (AvgIpc) is 1.61. The molecule has 44 valence electrons. The van der Waals surface area contributed by atoms with E-state index in [2.05, 4.69) is 16.8 Å². The Bertz CT molecular complexity index is 33.2. The zero-order valence-electron chi connectivity index (χ0n) is 5.70. The minimum atomic E-state index is -0.747. The Hall–Kier alpha value is 0.799. The molecule has 0 fully saturated rings. The van der Waals surface area contributed by atoms with Crippen molar-refractivity contribution in [2.75, 3.05) is 0 Å². The molecule has 0 rings (SSSR count). The standard InChI is InChI=1S/C4H9.2CH3.Sn.H/c1-3-4-2;;;;/h1,3-4H2,2H3;2*1H3;;. The molecule has 0 bridgehead atoms. The van der Waals surface area contributed by atoms with Crippen molar-refractivity contribution in [2.24, 2.45) is 0 Å². The third kappa shape index (κ3) is 6.80. The summed E-state index contributed by atoms with van der Waals surface area (Å²) in [6.45, 7) is 2.27. The van der Waals surface area contributed by atoms with Crippen LogP contribution in [-0.4, -0.2) is 19.8 Å². The van der Waals surface area contributed by atoms with Gasteiger partial charge in [0.1, 0.15) is 0 Å². The normalized spacial score (nSPS) is 10.3. The van der Waals surface area contributed by atoms with Crippen LogP contribution in [0.5, 0.6) is 0 Å². The molecule has 0 aliphatic carbocycles. The summed E-state index contributed by atoms with van der Waals surface area (Å²) >= 11 is -0.747. The van der Waals surface area contributed by atoms with Crippen LogP contribution < -0.4 is 0 Å². The Kier molecular flexibility index (Phi) is 5.51. The van der Waals surface area contributed by atoms with Gasteiger partial charge >= 0.3 is 53.8 Å². The minimum absolute atomic E-state index is 0.747. The summed E-state index contributed by atoms with van der Waals surface area (Å²) in [5.74, 6) is 0. The molecule has 0 aromatic rings. The Morgan fingerprint density at radius 2 is 1.86 bits per heavy atom. The Morgan fingerprint density at radius 3 is 2.00 bits per heavy atom. The summed E-state index contributed by atoms with van der Waals surface area (Å²) in [4.78, 5) is 4.97. The van der Waals surface area contributed by atoms with Gasteiger partial charge in [-0.2, -0.15) is 0 Å². The SMILES string of the molecule is CCC[CH2][SnH]([CH3])[CH3]. The fourth-order valence-electron chi connectivity index (χ4n) is 0.612. The van der Waals surface area contributed by atoms with Gasteiger partial charge in [0.2, 0.25) is 0 Å². The van der Waals surface area contributed by atoms with Gasteiger partial charge in [-0.25, -0.2) is 0 Å². The second-order valence-electron chi connectivity index (χ2n) is 2.54. The fourth-order valence-corrected chi connectivity index (χ4v) is 4.11. The molecule has 0 spiro atoms. The van der Waals surface area contributed by atoms with E-state index in [0.717, 1.165) is 0 Å². The molecule has 0 amide bonds. The molecule has 0 aromatic carbocycles. The van der Waals surface area contributed by atoms with Crippen molar-refractivity contribution < 1.29 is 0 Å². The molecular formula is C6H16Sn. The molecule has 0 heterocycles. The van der Waals surface area contributed by atoms with Crippen molar-refractivity contribution in [1.29, 1.82) is 0 Å².